The van der Waals surface area contributed by atoms with Crippen LogP contribution in [0.5, 0.6) is 0 Å². The topological polar surface area (TPSA) is 61.9 Å². The van der Waals surface area contributed by atoms with E-state index in [1.165, 1.54) is 6.07 Å². The fourth-order valence-electron chi connectivity index (χ4n) is 3.77. The van der Waals surface area contributed by atoms with E-state index < -0.39 is 11.7 Å². The molecule has 3 aliphatic heterocycles. The van der Waals surface area contributed by atoms with E-state index >= 15 is 0 Å². The van der Waals surface area contributed by atoms with Gasteiger partial charge < -0.3 is 19.9 Å². The first-order valence-corrected chi connectivity index (χ1v) is 9.91. The zero-order valence-electron chi connectivity index (χ0n) is 15.8. The van der Waals surface area contributed by atoms with E-state index in [0.29, 0.717) is 38.2 Å². The Kier molecular flexibility index (Phi) is 5.55. The maximum atomic E-state index is 12.7. The summed E-state index contributed by atoms with van der Waals surface area (Å²) in [5, 5.41) is 2.81. The smallest absolute Gasteiger partial charge is 0.366 e. The number of carbonyl (C=O) groups is 2. The van der Waals surface area contributed by atoms with Crippen LogP contribution < -0.4 is 5.32 Å². The van der Waals surface area contributed by atoms with Gasteiger partial charge in [0, 0.05) is 31.7 Å². The number of hydrogen-bond acceptors (Lipinski definition) is 3. The average Bonchev–Trinajstić information content (AvgIpc) is 2.66. The summed E-state index contributed by atoms with van der Waals surface area (Å²) in [6.07, 6.45) is -3.85. The summed E-state index contributed by atoms with van der Waals surface area (Å²) in [5.74, 6) is 5.54. The predicted molar refractivity (Wildman–Crippen MR) is 102 cm³/mol. The molecule has 6 nitrogen and oxygen atoms in total. The van der Waals surface area contributed by atoms with Crippen molar-refractivity contribution < 1.29 is 27.5 Å². The van der Waals surface area contributed by atoms with Crippen LogP contribution in [-0.2, 0) is 15.7 Å². The first-order valence-electron chi connectivity index (χ1n) is 9.54. The van der Waals surface area contributed by atoms with Crippen LogP contribution in [0.3, 0.4) is 0 Å². The first kappa shape index (κ1) is 20.8. The third kappa shape index (κ3) is 4.35. The minimum Gasteiger partial charge on any atom is -0.366 e. The lowest BCUT2D eigenvalue weighted by atomic mass is 9.98. The quantitative estimate of drug-likeness (QED) is 0.629. The lowest BCUT2D eigenvalue weighted by Gasteiger charge is -2.45. The highest BCUT2D eigenvalue weighted by Crippen LogP contribution is 2.32. The molecule has 1 aromatic carbocycles. The van der Waals surface area contributed by atoms with Gasteiger partial charge in [-0.15, -0.1) is 0 Å². The van der Waals surface area contributed by atoms with Crippen molar-refractivity contribution in [2.45, 2.75) is 24.7 Å². The maximum Gasteiger partial charge on any atom is 0.416 e. The minimum absolute atomic E-state index is 0.0517. The first-order chi connectivity index (χ1) is 14.2. The Labute approximate surface area is 176 Å². The molecule has 10 heteroatoms. The molecule has 0 saturated carbocycles. The molecule has 1 N–H and O–H groups in total. The number of carbonyl (C=O) groups excluding carboxylic acids is 2. The molecule has 0 aliphatic carbocycles. The second kappa shape index (κ2) is 8.00. The monoisotopic (exact) mass is 441 g/mol. The van der Waals surface area contributed by atoms with E-state index in [1.807, 2.05) is 0 Å². The maximum absolute atomic E-state index is 12.7. The summed E-state index contributed by atoms with van der Waals surface area (Å²) in [6.45, 7) is 1.91. The van der Waals surface area contributed by atoms with Gasteiger partial charge in [0.25, 0.3) is 0 Å². The Balaban J connectivity index is 1.31. The summed E-state index contributed by atoms with van der Waals surface area (Å²) in [6, 6.07) is 2.76. The van der Waals surface area contributed by atoms with Crippen molar-refractivity contribution in [1.29, 1.82) is 0 Å². The number of benzene rings is 1. The van der Waals surface area contributed by atoms with Crippen molar-refractivity contribution >= 4 is 23.5 Å². The van der Waals surface area contributed by atoms with E-state index in [2.05, 4.69) is 17.2 Å². The van der Waals surface area contributed by atoms with Crippen LogP contribution in [0.4, 0.5) is 18.0 Å². The highest BCUT2D eigenvalue weighted by atomic mass is 35.5. The number of halogens is 4. The molecule has 0 bridgehead atoms. The zero-order chi connectivity index (χ0) is 21.5. The Morgan fingerprint density at radius 2 is 2.00 bits per heavy atom. The Hall–Kier alpha value is -2.44. The van der Waals surface area contributed by atoms with Crippen molar-refractivity contribution in [1.82, 2.24) is 15.1 Å². The molecule has 160 valence electrons. The number of ether oxygens (including phenoxy) is 1. The van der Waals surface area contributed by atoms with Gasteiger partial charge in [-0.05, 0) is 24.6 Å². The number of nitrogens with zero attached hydrogens (tertiary/aromatic N) is 2. The number of piperidine rings is 1. The fraction of sp³-hybridized carbons (Fsp3) is 0.500. The molecule has 3 saturated heterocycles. The Morgan fingerprint density at radius 1 is 1.23 bits per heavy atom. The number of urea groups is 1. The molecule has 3 heterocycles. The van der Waals surface area contributed by atoms with E-state index in [9.17, 15) is 22.8 Å². The number of nitrogens with one attached hydrogen (secondary N) is 1. The lowest BCUT2D eigenvalue weighted by molar-refractivity contribution is -0.140. The highest BCUT2D eigenvalue weighted by Gasteiger charge is 2.39. The molecule has 3 fully saturated rings. The van der Waals surface area contributed by atoms with Crippen LogP contribution in [0, 0.1) is 17.8 Å². The molecule has 0 aromatic heterocycles. The van der Waals surface area contributed by atoms with Gasteiger partial charge in [0.05, 0.1) is 28.6 Å². The molecule has 2 atom stereocenters. The minimum atomic E-state index is -4.45. The van der Waals surface area contributed by atoms with Gasteiger partial charge in [0.15, 0.2) is 0 Å². The van der Waals surface area contributed by atoms with Gasteiger partial charge in [0.2, 0.25) is 5.91 Å². The summed E-state index contributed by atoms with van der Waals surface area (Å²) in [5.41, 5.74) is -0.494. The fourth-order valence-corrected chi connectivity index (χ4v) is 4.00. The van der Waals surface area contributed by atoms with Crippen molar-refractivity contribution in [2.24, 2.45) is 5.92 Å². The number of rotatable bonds is 0. The number of hydrogen-bond donors (Lipinski definition) is 1. The molecular formula is C20H19ClF3N3O3. The van der Waals surface area contributed by atoms with Gasteiger partial charge in [-0.3, -0.25) is 4.79 Å². The third-order valence-electron chi connectivity index (χ3n) is 5.45. The van der Waals surface area contributed by atoms with Crippen LogP contribution in [0.2, 0.25) is 5.02 Å². The highest BCUT2D eigenvalue weighted by molar-refractivity contribution is 6.31. The van der Waals surface area contributed by atoms with Gasteiger partial charge in [-0.1, -0.05) is 23.4 Å². The van der Waals surface area contributed by atoms with E-state index in [-0.39, 0.29) is 41.6 Å². The van der Waals surface area contributed by atoms with Crippen molar-refractivity contribution in [3.05, 3.63) is 34.3 Å². The molecule has 3 amide bonds. The van der Waals surface area contributed by atoms with Crippen molar-refractivity contribution in [3.63, 3.8) is 0 Å². The molecule has 30 heavy (non-hydrogen) atoms. The average molecular weight is 442 g/mol. The molecule has 1 aromatic rings. The standard InChI is InChI=1S/C20H19ClF3N3O3/c21-15-7-14(20(22,23)24)4-3-13(15)2-1-12-8-27(9-12)19(29)26-6-5-17-16(10-26)25-18(28)11-30-17/h3-4,7,12,16-17H,5-6,8-11H2,(H,25,28)/t16-,17+/m1/s1. The molecular weight excluding hydrogens is 423 g/mol. The number of likely N-dealkylation sites (tertiary alicyclic amines) is 2. The summed E-state index contributed by atoms with van der Waals surface area (Å²) >= 11 is 5.91. The Bertz CT molecular complexity index is 921. The Morgan fingerprint density at radius 3 is 2.70 bits per heavy atom. The van der Waals surface area contributed by atoms with E-state index in [0.717, 1.165) is 12.1 Å². The molecule has 3 aliphatic rings. The van der Waals surface area contributed by atoms with Crippen LogP contribution in [0.15, 0.2) is 18.2 Å². The lowest BCUT2D eigenvalue weighted by Crippen LogP contribution is -2.64. The van der Waals surface area contributed by atoms with Gasteiger partial charge in [0.1, 0.15) is 6.61 Å². The summed E-state index contributed by atoms with van der Waals surface area (Å²) in [7, 11) is 0. The second-order valence-corrected chi connectivity index (χ2v) is 8.01. The zero-order valence-corrected chi connectivity index (χ0v) is 16.6. The van der Waals surface area contributed by atoms with Crippen LogP contribution in [0.1, 0.15) is 17.5 Å². The third-order valence-corrected chi connectivity index (χ3v) is 5.77. The summed E-state index contributed by atoms with van der Waals surface area (Å²) in [4.78, 5) is 27.5. The van der Waals surface area contributed by atoms with E-state index in [4.69, 9.17) is 16.3 Å². The molecule has 0 radical (unpaired) electrons. The molecule has 0 unspecified atom stereocenters. The number of fused-ring (bicyclic) bond motifs is 1. The SMILES string of the molecule is O=C1CO[C@H]2CCN(C(=O)N3CC(C#Cc4ccc(C(F)(F)F)cc4Cl)C3)C[C@H]2N1. The normalized spacial score (nSPS) is 24.3. The number of morpholine rings is 1. The van der Waals surface area contributed by atoms with Gasteiger partial charge in [-0.25, -0.2) is 4.79 Å². The summed E-state index contributed by atoms with van der Waals surface area (Å²) < 4.78 is 43.6. The van der Waals surface area contributed by atoms with Crippen LogP contribution >= 0.6 is 11.6 Å². The second-order valence-electron chi connectivity index (χ2n) is 7.60. The van der Waals surface area contributed by atoms with Crippen molar-refractivity contribution in [3.8, 4) is 11.8 Å². The van der Waals surface area contributed by atoms with Crippen LogP contribution in [0.25, 0.3) is 0 Å². The largest absolute Gasteiger partial charge is 0.416 e. The van der Waals surface area contributed by atoms with E-state index in [1.54, 1.807) is 9.80 Å². The van der Waals surface area contributed by atoms with Gasteiger partial charge in [-0.2, -0.15) is 13.2 Å². The number of amides is 3. The molecule has 0 spiro atoms. The molecule has 4 rings (SSSR count). The van der Waals surface area contributed by atoms with Gasteiger partial charge >= 0.3 is 12.2 Å². The van der Waals surface area contributed by atoms with Crippen molar-refractivity contribution in [2.75, 3.05) is 32.8 Å². The van der Waals surface area contributed by atoms with Crippen LogP contribution in [-0.4, -0.2) is 66.7 Å². The number of alkyl halides is 3. The predicted octanol–water partition coefficient (Wildman–Crippen LogP) is 2.35.